The van der Waals surface area contributed by atoms with Crippen molar-refractivity contribution in [1.82, 2.24) is 5.32 Å². The monoisotopic (exact) mass is 208 g/mol. The van der Waals surface area contributed by atoms with Crippen molar-refractivity contribution in [3.8, 4) is 0 Å². The number of hydrogen-bond donors (Lipinski definition) is 2. The van der Waals surface area contributed by atoms with E-state index in [9.17, 15) is 4.79 Å². The third-order valence-electron chi connectivity index (χ3n) is 2.94. The molecule has 2 rings (SSSR count). The molecular weight excluding hydrogens is 192 g/mol. The summed E-state index contributed by atoms with van der Waals surface area (Å²) in [7, 11) is 0. The fourth-order valence-corrected chi connectivity index (χ4v) is 1.75. The Morgan fingerprint density at radius 2 is 2.00 bits per heavy atom. The van der Waals surface area contributed by atoms with Crippen LogP contribution in [0.25, 0.3) is 0 Å². The Labute approximate surface area is 88.8 Å². The molecule has 1 saturated carbocycles. The molecule has 1 aliphatic rings. The van der Waals surface area contributed by atoms with Crippen LogP contribution in [0.15, 0.2) is 4.42 Å². The van der Waals surface area contributed by atoms with Gasteiger partial charge in [0.2, 0.25) is 0 Å². The lowest BCUT2D eigenvalue weighted by atomic mass is 10.1. The lowest BCUT2D eigenvalue weighted by Crippen LogP contribution is -2.30. The molecule has 15 heavy (non-hydrogen) atoms. The van der Waals surface area contributed by atoms with E-state index in [0.29, 0.717) is 11.3 Å². The highest BCUT2D eigenvalue weighted by Gasteiger charge is 2.35. The first-order chi connectivity index (χ1) is 7.00. The van der Waals surface area contributed by atoms with Crippen LogP contribution in [0.2, 0.25) is 0 Å². The fourth-order valence-electron chi connectivity index (χ4n) is 1.75. The zero-order valence-electron chi connectivity index (χ0n) is 9.26. The van der Waals surface area contributed by atoms with E-state index in [4.69, 9.17) is 10.2 Å². The molecule has 0 aromatic carbocycles. The van der Waals surface area contributed by atoms with Gasteiger partial charge in [-0.05, 0) is 27.2 Å². The third-order valence-corrected chi connectivity index (χ3v) is 2.94. The molecule has 82 valence electrons. The van der Waals surface area contributed by atoms with Crippen molar-refractivity contribution < 1.29 is 9.21 Å². The molecule has 2 unspecified atom stereocenters. The van der Waals surface area contributed by atoms with Crippen molar-refractivity contribution in [3.63, 3.8) is 0 Å². The fraction of sp³-hybridized carbons (Fsp3) is 0.545. The molecular formula is C11H16N2O2. The zero-order chi connectivity index (χ0) is 11.2. The summed E-state index contributed by atoms with van der Waals surface area (Å²) in [5.74, 6) is 1.41. The predicted molar refractivity (Wildman–Crippen MR) is 56.8 cm³/mol. The molecule has 0 aliphatic heterocycles. The van der Waals surface area contributed by atoms with Crippen molar-refractivity contribution >= 4 is 5.91 Å². The Bertz CT molecular complexity index is 409. The van der Waals surface area contributed by atoms with E-state index in [0.717, 1.165) is 17.7 Å². The average Bonchev–Trinajstić information content (AvgIpc) is 2.73. The molecule has 1 aliphatic carbocycles. The zero-order valence-corrected chi connectivity index (χ0v) is 9.26. The lowest BCUT2D eigenvalue weighted by molar-refractivity contribution is 0.0948. The van der Waals surface area contributed by atoms with Crippen LogP contribution in [0.3, 0.4) is 0 Å². The van der Waals surface area contributed by atoms with Crippen LogP contribution in [0.1, 0.15) is 33.9 Å². The number of hydrogen-bond acceptors (Lipinski definition) is 3. The third kappa shape index (κ3) is 1.77. The normalized spacial score (nSPS) is 24.0. The van der Waals surface area contributed by atoms with Gasteiger partial charge in [-0.25, -0.2) is 0 Å². The van der Waals surface area contributed by atoms with Gasteiger partial charge in [-0.2, -0.15) is 0 Å². The van der Waals surface area contributed by atoms with E-state index in [1.54, 1.807) is 0 Å². The Hall–Kier alpha value is -1.29. The molecule has 0 spiro atoms. The molecule has 4 nitrogen and oxygen atoms in total. The maximum absolute atomic E-state index is 11.9. The Morgan fingerprint density at radius 1 is 1.40 bits per heavy atom. The van der Waals surface area contributed by atoms with E-state index < -0.39 is 0 Å². The van der Waals surface area contributed by atoms with Gasteiger partial charge in [0.05, 0.1) is 5.56 Å². The number of nitrogens with one attached hydrogen (secondary N) is 1. The van der Waals surface area contributed by atoms with Crippen LogP contribution in [0.5, 0.6) is 0 Å². The second-order valence-corrected chi connectivity index (χ2v) is 4.19. The van der Waals surface area contributed by atoms with Crippen molar-refractivity contribution in [3.05, 3.63) is 22.6 Å². The van der Waals surface area contributed by atoms with Crippen LogP contribution in [-0.4, -0.2) is 18.0 Å². The van der Waals surface area contributed by atoms with Crippen LogP contribution in [-0.2, 0) is 0 Å². The highest BCUT2D eigenvalue weighted by Crippen LogP contribution is 2.23. The second-order valence-electron chi connectivity index (χ2n) is 4.19. The molecule has 1 aromatic rings. The minimum Gasteiger partial charge on any atom is -0.466 e. The van der Waals surface area contributed by atoms with Crippen LogP contribution >= 0.6 is 0 Å². The van der Waals surface area contributed by atoms with Crippen molar-refractivity contribution in [2.45, 2.75) is 39.3 Å². The smallest absolute Gasteiger partial charge is 0.255 e. The number of rotatable bonds is 2. The first-order valence-electron chi connectivity index (χ1n) is 5.13. The maximum atomic E-state index is 11.9. The maximum Gasteiger partial charge on any atom is 0.255 e. The number of nitrogens with two attached hydrogens (primary N) is 1. The molecule has 2 atom stereocenters. The van der Waals surface area contributed by atoms with Crippen molar-refractivity contribution in [1.29, 1.82) is 0 Å². The summed E-state index contributed by atoms with van der Waals surface area (Å²) in [5, 5.41) is 2.89. The second kappa shape index (κ2) is 3.38. The minimum absolute atomic E-state index is 0.0696. The Morgan fingerprint density at radius 3 is 2.40 bits per heavy atom. The topological polar surface area (TPSA) is 68.3 Å². The Kier molecular flexibility index (Phi) is 2.31. The summed E-state index contributed by atoms with van der Waals surface area (Å²) < 4.78 is 5.40. The number of carbonyl (C=O) groups is 1. The molecule has 1 fully saturated rings. The van der Waals surface area contributed by atoms with E-state index >= 15 is 0 Å². The summed E-state index contributed by atoms with van der Waals surface area (Å²) in [6, 6.07) is 0.272. The first kappa shape index (κ1) is 10.2. The van der Waals surface area contributed by atoms with Crippen molar-refractivity contribution in [2.24, 2.45) is 5.73 Å². The summed E-state index contributed by atoms with van der Waals surface area (Å²) in [4.78, 5) is 11.9. The summed E-state index contributed by atoms with van der Waals surface area (Å²) in [5.41, 5.74) is 7.21. The van der Waals surface area contributed by atoms with Crippen LogP contribution in [0.4, 0.5) is 0 Å². The van der Waals surface area contributed by atoms with E-state index in [1.165, 1.54) is 0 Å². The highest BCUT2D eigenvalue weighted by molar-refractivity contribution is 5.97. The van der Waals surface area contributed by atoms with E-state index in [1.807, 2.05) is 20.8 Å². The minimum atomic E-state index is -0.0696. The number of carbonyl (C=O) groups excluding carboxylic acids is 1. The summed E-state index contributed by atoms with van der Waals surface area (Å²) >= 11 is 0. The van der Waals surface area contributed by atoms with Crippen molar-refractivity contribution in [2.75, 3.05) is 0 Å². The van der Waals surface area contributed by atoms with Gasteiger partial charge in [0.1, 0.15) is 11.5 Å². The van der Waals surface area contributed by atoms with Gasteiger partial charge < -0.3 is 15.5 Å². The molecule has 0 bridgehead atoms. The van der Waals surface area contributed by atoms with Gasteiger partial charge in [0.15, 0.2) is 0 Å². The number of amides is 1. The quantitative estimate of drug-likeness (QED) is 0.762. The van der Waals surface area contributed by atoms with Gasteiger partial charge in [0.25, 0.3) is 5.91 Å². The van der Waals surface area contributed by atoms with E-state index in [2.05, 4.69) is 5.32 Å². The standard InChI is InChI=1S/C11H16N2O2/c1-5-6(2)15-7(3)10(5)11(14)13-9-4-8(9)12/h8-9H,4,12H2,1-3H3,(H,13,14). The molecule has 1 heterocycles. The van der Waals surface area contributed by atoms with Gasteiger partial charge in [-0.15, -0.1) is 0 Å². The summed E-state index contributed by atoms with van der Waals surface area (Å²) in [6.07, 6.45) is 0.876. The molecule has 1 aromatic heterocycles. The van der Waals surface area contributed by atoms with Gasteiger partial charge in [-0.1, -0.05) is 0 Å². The van der Waals surface area contributed by atoms with Crippen LogP contribution in [0, 0.1) is 20.8 Å². The highest BCUT2D eigenvalue weighted by atomic mass is 16.3. The van der Waals surface area contributed by atoms with Gasteiger partial charge in [0, 0.05) is 17.6 Å². The molecule has 3 N–H and O–H groups in total. The first-order valence-corrected chi connectivity index (χ1v) is 5.13. The average molecular weight is 208 g/mol. The molecule has 4 heteroatoms. The molecule has 0 saturated heterocycles. The van der Waals surface area contributed by atoms with Gasteiger partial charge in [-0.3, -0.25) is 4.79 Å². The van der Waals surface area contributed by atoms with E-state index in [-0.39, 0.29) is 18.0 Å². The largest absolute Gasteiger partial charge is 0.466 e. The molecule has 0 radical (unpaired) electrons. The van der Waals surface area contributed by atoms with Gasteiger partial charge >= 0.3 is 0 Å². The predicted octanol–water partition coefficient (Wildman–Crippen LogP) is 1.03. The lowest BCUT2D eigenvalue weighted by Gasteiger charge is -2.03. The number of furan rings is 1. The number of aryl methyl sites for hydroxylation is 2. The molecule has 1 amide bonds. The van der Waals surface area contributed by atoms with Crippen LogP contribution < -0.4 is 11.1 Å². The Balaban J connectivity index is 2.17. The summed E-state index contributed by atoms with van der Waals surface area (Å²) in [6.45, 7) is 5.57. The SMILES string of the molecule is Cc1oc(C)c(C(=O)NC2CC2N)c1C.